The molecule has 0 aliphatic rings. The van der Waals surface area contributed by atoms with Crippen LogP contribution in [0.3, 0.4) is 0 Å². The Balaban J connectivity index is 1.97. The van der Waals surface area contributed by atoms with Crippen LogP contribution in [0.2, 0.25) is 0 Å². The predicted molar refractivity (Wildman–Crippen MR) is 99.0 cm³/mol. The van der Waals surface area contributed by atoms with E-state index in [2.05, 4.69) is 10.6 Å². The fourth-order valence-corrected chi connectivity index (χ4v) is 3.88. The molecule has 2 aromatic heterocycles. The van der Waals surface area contributed by atoms with Gasteiger partial charge in [0, 0.05) is 15.8 Å². The molecule has 1 atom stereocenters. The molecule has 7 heteroatoms. The number of esters is 1. The minimum absolute atomic E-state index is 0.106. The molecular formula is C17H22N2O3S2. The molecule has 1 amide bonds. The smallest absolute Gasteiger partial charge is 0.341 e. The van der Waals surface area contributed by atoms with Gasteiger partial charge in [-0.05, 0) is 37.8 Å². The summed E-state index contributed by atoms with van der Waals surface area (Å²) in [7, 11) is 0. The molecular weight excluding hydrogens is 344 g/mol. The van der Waals surface area contributed by atoms with Crippen LogP contribution in [0, 0.1) is 0 Å². The van der Waals surface area contributed by atoms with E-state index in [4.69, 9.17) is 4.74 Å². The Kier molecular flexibility index (Phi) is 6.96. The summed E-state index contributed by atoms with van der Waals surface area (Å²) in [5.41, 5.74) is 0.429. The normalized spacial score (nSPS) is 12.0. The van der Waals surface area contributed by atoms with E-state index in [9.17, 15) is 9.59 Å². The maximum absolute atomic E-state index is 12.2. The summed E-state index contributed by atoms with van der Waals surface area (Å²) in [6.07, 6.45) is 0.806. The lowest BCUT2D eigenvalue weighted by atomic mass is 10.2. The fraction of sp³-hybridized carbons (Fsp3) is 0.412. The van der Waals surface area contributed by atoms with Crippen LogP contribution in [0.4, 0.5) is 5.00 Å². The van der Waals surface area contributed by atoms with Crippen molar-refractivity contribution < 1.29 is 14.3 Å². The van der Waals surface area contributed by atoms with Crippen LogP contribution in [-0.2, 0) is 16.0 Å². The van der Waals surface area contributed by atoms with Gasteiger partial charge >= 0.3 is 5.97 Å². The molecule has 130 valence electrons. The highest BCUT2D eigenvalue weighted by Gasteiger charge is 2.19. The van der Waals surface area contributed by atoms with Crippen LogP contribution < -0.4 is 10.6 Å². The predicted octanol–water partition coefficient (Wildman–Crippen LogP) is 3.84. The zero-order chi connectivity index (χ0) is 17.5. The van der Waals surface area contributed by atoms with E-state index in [1.807, 2.05) is 31.4 Å². The number of aryl methyl sites for hydroxylation is 1. The van der Waals surface area contributed by atoms with E-state index in [-0.39, 0.29) is 18.5 Å². The van der Waals surface area contributed by atoms with Crippen molar-refractivity contribution in [3.63, 3.8) is 0 Å². The molecule has 0 fully saturated rings. The van der Waals surface area contributed by atoms with Gasteiger partial charge in [-0.15, -0.1) is 22.7 Å². The molecule has 1 unspecified atom stereocenters. The van der Waals surface area contributed by atoms with Gasteiger partial charge in [0.25, 0.3) is 0 Å². The summed E-state index contributed by atoms with van der Waals surface area (Å²) in [6.45, 7) is 6.28. The average Bonchev–Trinajstić information content (AvgIpc) is 3.22. The summed E-state index contributed by atoms with van der Waals surface area (Å²) >= 11 is 3.07. The van der Waals surface area contributed by atoms with E-state index in [1.54, 1.807) is 24.3 Å². The lowest BCUT2D eigenvalue weighted by Crippen LogP contribution is -2.30. The van der Waals surface area contributed by atoms with Gasteiger partial charge in [-0.3, -0.25) is 4.79 Å². The number of ether oxygens (including phenoxy) is 1. The number of hydrogen-bond donors (Lipinski definition) is 2. The second-order valence-electron chi connectivity index (χ2n) is 5.20. The standard InChI is InChI=1S/C17H22N2O3S2/c1-4-12-9-13(17(21)22-5-2)16(24-12)19-15(20)10-18-11(3)14-7-6-8-23-14/h6-9,11,18H,4-5,10H2,1-3H3,(H,19,20). The van der Waals surface area contributed by atoms with Crippen molar-refractivity contribution in [2.24, 2.45) is 0 Å². The van der Waals surface area contributed by atoms with Gasteiger partial charge < -0.3 is 15.4 Å². The van der Waals surface area contributed by atoms with E-state index in [0.29, 0.717) is 17.2 Å². The van der Waals surface area contributed by atoms with Gasteiger partial charge in [0.05, 0.1) is 18.7 Å². The first-order valence-corrected chi connectivity index (χ1v) is 9.61. The first-order chi connectivity index (χ1) is 11.5. The molecule has 2 rings (SSSR count). The molecule has 0 saturated heterocycles. The number of anilines is 1. The number of nitrogens with one attached hydrogen (secondary N) is 2. The molecule has 0 saturated carbocycles. The van der Waals surface area contributed by atoms with Crippen molar-refractivity contribution in [3.05, 3.63) is 38.9 Å². The summed E-state index contributed by atoms with van der Waals surface area (Å²) in [4.78, 5) is 26.4. The topological polar surface area (TPSA) is 67.4 Å². The SMILES string of the molecule is CCOC(=O)c1cc(CC)sc1NC(=O)CNC(C)c1cccs1. The summed E-state index contributed by atoms with van der Waals surface area (Å²) in [5.74, 6) is -0.572. The monoisotopic (exact) mass is 366 g/mol. The number of carbonyl (C=O) groups is 2. The van der Waals surface area contributed by atoms with E-state index in [1.165, 1.54) is 16.2 Å². The van der Waals surface area contributed by atoms with Gasteiger partial charge in [-0.2, -0.15) is 0 Å². The molecule has 24 heavy (non-hydrogen) atoms. The first-order valence-electron chi connectivity index (χ1n) is 7.91. The maximum Gasteiger partial charge on any atom is 0.341 e. The third-order valence-corrected chi connectivity index (χ3v) is 5.67. The largest absolute Gasteiger partial charge is 0.462 e. The molecule has 0 aliphatic carbocycles. The first kappa shape index (κ1) is 18.6. The number of hydrogen-bond acceptors (Lipinski definition) is 6. The maximum atomic E-state index is 12.2. The zero-order valence-corrected chi connectivity index (χ0v) is 15.7. The number of thiophene rings is 2. The fourth-order valence-electron chi connectivity index (χ4n) is 2.12. The number of amides is 1. The molecule has 2 heterocycles. The van der Waals surface area contributed by atoms with Gasteiger partial charge in [0.1, 0.15) is 5.00 Å². The van der Waals surface area contributed by atoms with Crippen LogP contribution in [0.5, 0.6) is 0 Å². The van der Waals surface area contributed by atoms with Gasteiger partial charge in [0.15, 0.2) is 0 Å². The van der Waals surface area contributed by atoms with Gasteiger partial charge in [-0.1, -0.05) is 13.0 Å². The molecule has 0 aromatic carbocycles. The summed E-state index contributed by atoms with van der Waals surface area (Å²) in [5, 5.41) is 8.58. The van der Waals surface area contributed by atoms with Crippen molar-refractivity contribution in [1.29, 1.82) is 0 Å². The lowest BCUT2D eigenvalue weighted by Gasteiger charge is -2.12. The molecule has 2 N–H and O–H groups in total. The Morgan fingerprint density at radius 1 is 1.33 bits per heavy atom. The van der Waals surface area contributed by atoms with Crippen molar-refractivity contribution in [1.82, 2.24) is 5.32 Å². The van der Waals surface area contributed by atoms with Crippen LogP contribution in [0.15, 0.2) is 23.6 Å². The Hall–Kier alpha value is -1.70. The van der Waals surface area contributed by atoms with Crippen molar-refractivity contribution in [3.8, 4) is 0 Å². The minimum Gasteiger partial charge on any atom is -0.462 e. The van der Waals surface area contributed by atoms with Gasteiger partial charge in [0.2, 0.25) is 5.91 Å². The quantitative estimate of drug-likeness (QED) is 0.697. The highest BCUT2D eigenvalue weighted by molar-refractivity contribution is 7.16. The zero-order valence-electron chi connectivity index (χ0n) is 14.0. The minimum atomic E-state index is -0.399. The van der Waals surface area contributed by atoms with Crippen molar-refractivity contribution >= 4 is 39.6 Å². The molecule has 0 spiro atoms. The van der Waals surface area contributed by atoms with E-state index < -0.39 is 5.97 Å². The van der Waals surface area contributed by atoms with Crippen molar-refractivity contribution in [2.45, 2.75) is 33.2 Å². The summed E-state index contributed by atoms with van der Waals surface area (Å²) < 4.78 is 5.06. The van der Waals surface area contributed by atoms with Crippen LogP contribution in [-0.4, -0.2) is 25.0 Å². The Morgan fingerprint density at radius 2 is 2.12 bits per heavy atom. The molecule has 5 nitrogen and oxygen atoms in total. The molecule has 0 radical (unpaired) electrons. The molecule has 2 aromatic rings. The van der Waals surface area contributed by atoms with Crippen LogP contribution in [0.25, 0.3) is 0 Å². The number of carbonyl (C=O) groups excluding carboxylic acids is 2. The lowest BCUT2D eigenvalue weighted by molar-refractivity contribution is -0.115. The second kappa shape index (κ2) is 8.96. The molecule has 0 bridgehead atoms. The highest BCUT2D eigenvalue weighted by atomic mass is 32.1. The second-order valence-corrected chi connectivity index (χ2v) is 7.31. The van der Waals surface area contributed by atoms with Gasteiger partial charge in [-0.25, -0.2) is 4.79 Å². The summed E-state index contributed by atoms with van der Waals surface area (Å²) in [6, 6.07) is 5.92. The highest BCUT2D eigenvalue weighted by Crippen LogP contribution is 2.29. The average molecular weight is 367 g/mol. The van der Waals surface area contributed by atoms with Crippen LogP contribution >= 0.6 is 22.7 Å². The Morgan fingerprint density at radius 3 is 2.75 bits per heavy atom. The third kappa shape index (κ3) is 4.90. The van der Waals surface area contributed by atoms with Crippen LogP contribution in [0.1, 0.15) is 46.9 Å². The third-order valence-electron chi connectivity index (χ3n) is 3.42. The number of rotatable bonds is 8. The Bertz CT molecular complexity index is 680. The van der Waals surface area contributed by atoms with Crippen molar-refractivity contribution in [2.75, 3.05) is 18.5 Å². The van der Waals surface area contributed by atoms with E-state index >= 15 is 0 Å². The van der Waals surface area contributed by atoms with E-state index in [0.717, 1.165) is 11.3 Å². The molecule has 0 aliphatic heterocycles. The Labute approximate surface area is 150 Å².